The summed E-state index contributed by atoms with van der Waals surface area (Å²) in [4.78, 5) is 6.93. The SMILES string of the molecule is CC(c1nc(C2CC2)no1)N1C[C@@H](N)[C@H](c2ccccc2)C1. The van der Waals surface area contributed by atoms with Crippen LogP contribution in [0.15, 0.2) is 34.9 Å². The molecule has 5 nitrogen and oxygen atoms in total. The largest absolute Gasteiger partial charge is 0.338 e. The molecular weight excluding hydrogens is 276 g/mol. The van der Waals surface area contributed by atoms with Gasteiger partial charge in [0.1, 0.15) is 0 Å². The Bertz CT molecular complexity index is 637. The number of likely N-dealkylation sites (tertiary alicyclic amines) is 1. The molecule has 2 aliphatic rings. The van der Waals surface area contributed by atoms with Crippen LogP contribution in [0.4, 0.5) is 0 Å². The molecule has 22 heavy (non-hydrogen) atoms. The lowest BCUT2D eigenvalue weighted by atomic mass is 9.95. The molecule has 1 aliphatic heterocycles. The average molecular weight is 298 g/mol. The highest BCUT2D eigenvalue weighted by molar-refractivity contribution is 5.23. The summed E-state index contributed by atoms with van der Waals surface area (Å²) in [6, 6.07) is 10.8. The summed E-state index contributed by atoms with van der Waals surface area (Å²) in [7, 11) is 0. The van der Waals surface area contributed by atoms with Crippen LogP contribution in [0.25, 0.3) is 0 Å². The van der Waals surface area contributed by atoms with Crippen LogP contribution in [0.3, 0.4) is 0 Å². The molecule has 0 amide bonds. The molecule has 2 N–H and O–H groups in total. The van der Waals surface area contributed by atoms with Gasteiger partial charge in [-0.3, -0.25) is 4.90 Å². The van der Waals surface area contributed by atoms with Crippen LogP contribution < -0.4 is 5.73 Å². The summed E-state index contributed by atoms with van der Waals surface area (Å²) in [5.74, 6) is 2.50. The number of aromatic nitrogens is 2. The number of hydrogen-bond donors (Lipinski definition) is 1. The van der Waals surface area contributed by atoms with Gasteiger partial charge >= 0.3 is 0 Å². The van der Waals surface area contributed by atoms with E-state index in [1.165, 1.54) is 18.4 Å². The summed E-state index contributed by atoms with van der Waals surface area (Å²) in [6.07, 6.45) is 2.38. The fourth-order valence-electron chi connectivity index (χ4n) is 3.31. The van der Waals surface area contributed by atoms with E-state index in [-0.39, 0.29) is 12.1 Å². The van der Waals surface area contributed by atoms with Crippen LogP contribution in [0.1, 0.15) is 54.9 Å². The highest BCUT2D eigenvalue weighted by Gasteiger charge is 2.36. The predicted octanol–water partition coefficient (Wildman–Crippen LogP) is 2.43. The lowest BCUT2D eigenvalue weighted by Gasteiger charge is -2.20. The Balaban J connectivity index is 1.48. The second-order valence-corrected chi connectivity index (χ2v) is 6.58. The van der Waals surface area contributed by atoms with E-state index in [9.17, 15) is 0 Å². The topological polar surface area (TPSA) is 68.2 Å². The minimum absolute atomic E-state index is 0.125. The third kappa shape index (κ3) is 2.55. The van der Waals surface area contributed by atoms with E-state index in [0.717, 1.165) is 24.8 Å². The molecule has 5 heteroatoms. The second kappa shape index (κ2) is 5.48. The van der Waals surface area contributed by atoms with Crippen molar-refractivity contribution in [1.29, 1.82) is 0 Å². The third-order valence-corrected chi connectivity index (χ3v) is 4.93. The van der Waals surface area contributed by atoms with E-state index in [4.69, 9.17) is 10.3 Å². The van der Waals surface area contributed by atoms with Crippen LogP contribution in [0.2, 0.25) is 0 Å². The Hall–Kier alpha value is -1.72. The molecule has 0 bridgehead atoms. The standard InChI is InChI=1S/C17H22N4O/c1-11(17-19-16(20-22-17)13-7-8-13)21-9-14(15(18)10-21)12-5-3-2-4-6-12/h2-6,11,13-15H,7-10,18H2,1H3/t11?,14-,15+/m0/s1. The summed E-state index contributed by atoms with van der Waals surface area (Å²) in [5.41, 5.74) is 7.69. The van der Waals surface area contributed by atoms with Crippen molar-refractivity contribution in [2.75, 3.05) is 13.1 Å². The highest BCUT2D eigenvalue weighted by Crippen LogP contribution is 2.39. The van der Waals surface area contributed by atoms with E-state index in [2.05, 4.69) is 46.2 Å². The molecule has 2 heterocycles. The Morgan fingerprint density at radius 1 is 1.23 bits per heavy atom. The highest BCUT2D eigenvalue weighted by atomic mass is 16.5. The predicted molar refractivity (Wildman–Crippen MR) is 83.4 cm³/mol. The molecule has 0 radical (unpaired) electrons. The van der Waals surface area contributed by atoms with Gasteiger partial charge in [-0.1, -0.05) is 35.5 Å². The molecule has 1 aliphatic carbocycles. The first-order chi connectivity index (χ1) is 10.7. The van der Waals surface area contributed by atoms with Gasteiger partial charge in [-0.05, 0) is 25.3 Å². The van der Waals surface area contributed by atoms with E-state index in [0.29, 0.717) is 11.8 Å². The van der Waals surface area contributed by atoms with E-state index < -0.39 is 0 Å². The van der Waals surface area contributed by atoms with E-state index >= 15 is 0 Å². The summed E-state index contributed by atoms with van der Waals surface area (Å²) < 4.78 is 5.47. The molecule has 0 spiro atoms. The normalized spacial score (nSPS) is 27.2. The van der Waals surface area contributed by atoms with Gasteiger partial charge in [0.05, 0.1) is 6.04 Å². The molecule has 1 saturated heterocycles. The Morgan fingerprint density at radius 2 is 2.00 bits per heavy atom. The number of rotatable bonds is 4. The maximum atomic E-state index is 6.37. The first kappa shape index (κ1) is 13.9. The van der Waals surface area contributed by atoms with Gasteiger partial charge in [-0.15, -0.1) is 0 Å². The monoisotopic (exact) mass is 298 g/mol. The lowest BCUT2D eigenvalue weighted by molar-refractivity contribution is 0.205. The van der Waals surface area contributed by atoms with Crippen molar-refractivity contribution in [3.05, 3.63) is 47.6 Å². The number of nitrogens with two attached hydrogens (primary N) is 1. The van der Waals surface area contributed by atoms with Gasteiger partial charge in [0.25, 0.3) is 0 Å². The molecule has 3 atom stereocenters. The van der Waals surface area contributed by atoms with Gasteiger partial charge in [-0.25, -0.2) is 0 Å². The quantitative estimate of drug-likeness (QED) is 0.939. The maximum Gasteiger partial charge on any atom is 0.243 e. The average Bonchev–Trinajstić information content (AvgIpc) is 3.15. The van der Waals surface area contributed by atoms with Gasteiger partial charge < -0.3 is 10.3 Å². The smallest absolute Gasteiger partial charge is 0.243 e. The minimum Gasteiger partial charge on any atom is -0.338 e. The maximum absolute atomic E-state index is 6.37. The zero-order valence-corrected chi connectivity index (χ0v) is 12.9. The first-order valence-corrected chi connectivity index (χ1v) is 8.10. The Morgan fingerprint density at radius 3 is 2.73 bits per heavy atom. The molecule has 2 aromatic rings. The van der Waals surface area contributed by atoms with E-state index in [1.54, 1.807) is 0 Å². The van der Waals surface area contributed by atoms with E-state index in [1.807, 2.05) is 6.07 Å². The first-order valence-electron chi connectivity index (χ1n) is 8.10. The zero-order valence-electron chi connectivity index (χ0n) is 12.9. The van der Waals surface area contributed by atoms with Crippen molar-refractivity contribution in [3.63, 3.8) is 0 Å². The van der Waals surface area contributed by atoms with Crippen molar-refractivity contribution in [2.24, 2.45) is 5.73 Å². The van der Waals surface area contributed by atoms with Crippen LogP contribution in [-0.2, 0) is 0 Å². The molecule has 1 aromatic carbocycles. The summed E-state index contributed by atoms with van der Waals surface area (Å²) in [5, 5.41) is 4.12. The fourth-order valence-corrected chi connectivity index (χ4v) is 3.31. The van der Waals surface area contributed by atoms with Gasteiger partial charge in [0.2, 0.25) is 5.89 Å². The molecule has 116 valence electrons. The number of benzene rings is 1. The minimum atomic E-state index is 0.125. The van der Waals surface area contributed by atoms with Gasteiger partial charge in [-0.2, -0.15) is 4.98 Å². The van der Waals surface area contributed by atoms with Crippen LogP contribution in [0.5, 0.6) is 0 Å². The van der Waals surface area contributed by atoms with Crippen LogP contribution in [0, 0.1) is 0 Å². The molecule has 4 rings (SSSR count). The van der Waals surface area contributed by atoms with Crippen molar-refractivity contribution < 1.29 is 4.52 Å². The second-order valence-electron chi connectivity index (χ2n) is 6.58. The number of hydrogen-bond acceptors (Lipinski definition) is 5. The molecule has 2 fully saturated rings. The summed E-state index contributed by atoms with van der Waals surface area (Å²) in [6.45, 7) is 3.93. The molecule has 1 saturated carbocycles. The van der Waals surface area contributed by atoms with Crippen molar-refractivity contribution in [3.8, 4) is 0 Å². The summed E-state index contributed by atoms with van der Waals surface area (Å²) >= 11 is 0. The fraction of sp³-hybridized carbons (Fsp3) is 0.529. The zero-order chi connectivity index (χ0) is 15.1. The third-order valence-electron chi connectivity index (χ3n) is 4.93. The van der Waals surface area contributed by atoms with Gasteiger partial charge in [0.15, 0.2) is 5.82 Å². The van der Waals surface area contributed by atoms with Crippen molar-refractivity contribution in [2.45, 2.75) is 43.7 Å². The van der Waals surface area contributed by atoms with Crippen LogP contribution in [-0.4, -0.2) is 34.2 Å². The van der Waals surface area contributed by atoms with Gasteiger partial charge in [0, 0.05) is 31.0 Å². The lowest BCUT2D eigenvalue weighted by Crippen LogP contribution is -2.30. The van der Waals surface area contributed by atoms with Crippen molar-refractivity contribution >= 4 is 0 Å². The molecule has 1 aromatic heterocycles. The Kier molecular flexibility index (Phi) is 3.47. The van der Waals surface area contributed by atoms with Crippen molar-refractivity contribution in [1.82, 2.24) is 15.0 Å². The molecule has 1 unspecified atom stereocenters. The number of nitrogens with zero attached hydrogens (tertiary/aromatic N) is 3. The Labute approximate surface area is 130 Å². The van der Waals surface area contributed by atoms with Crippen LogP contribution >= 0.6 is 0 Å². The molecular formula is C17H22N4O.